The number of ether oxygens (including phenoxy) is 1. The van der Waals surface area contributed by atoms with Crippen molar-refractivity contribution in [3.8, 4) is 0 Å². The van der Waals surface area contributed by atoms with Crippen molar-refractivity contribution in [1.82, 2.24) is 4.98 Å². The minimum atomic E-state index is -4.27. The summed E-state index contributed by atoms with van der Waals surface area (Å²) in [6, 6.07) is 0. The van der Waals surface area contributed by atoms with E-state index in [0.29, 0.717) is 17.2 Å². The summed E-state index contributed by atoms with van der Waals surface area (Å²) in [4.78, 5) is 4.86. The standard InChI is InChI=1S/C8H11F3N2OS/c1-5-7(12)13-6(15-5)2-3-14-4-8(9,10)11/h2-4,12H2,1H3. The molecule has 86 valence electrons. The van der Waals surface area contributed by atoms with Gasteiger partial charge >= 0.3 is 6.18 Å². The van der Waals surface area contributed by atoms with Crippen molar-refractivity contribution in [3.63, 3.8) is 0 Å². The van der Waals surface area contributed by atoms with Crippen molar-refractivity contribution >= 4 is 17.2 Å². The molecule has 0 fully saturated rings. The van der Waals surface area contributed by atoms with E-state index in [4.69, 9.17) is 5.73 Å². The second kappa shape index (κ2) is 4.80. The number of nitrogens with zero attached hydrogens (tertiary/aromatic N) is 1. The number of hydrogen-bond acceptors (Lipinski definition) is 4. The Labute approximate surface area is 89.1 Å². The zero-order chi connectivity index (χ0) is 11.5. The van der Waals surface area contributed by atoms with Gasteiger partial charge in [0.25, 0.3) is 0 Å². The molecule has 0 spiro atoms. The van der Waals surface area contributed by atoms with Crippen LogP contribution in [-0.2, 0) is 11.2 Å². The minimum absolute atomic E-state index is 0.00586. The Morgan fingerprint density at radius 2 is 2.13 bits per heavy atom. The van der Waals surface area contributed by atoms with Crippen molar-refractivity contribution in [2.75, 3.05) is 18.9 Å². The summed E-state index contributed by atoms with van der Waals surface area (Å²) < 4.78 is 39.5. The van der Waals surface area contributed by atoms with E-state index in [1.807, 2.05) is 6.92 Å². The van der Waals surface area contributed by atoms with Gasteiger partial charge in [-0.3, -0.25) is 0 Å². The van der Waals surface area contributed by atoms with Crippen molar-refractivity contribution in [1.29, 1.82) is 0 Å². The molecule has 0 aliphatic carbocycles. The highest BCUT2D eigenvalue weighted by Crippen LogP contribution is 2.20. The van der Waals surface area contributed by atoms with E-state index in [1.54, 1.807) is 0 Å². The fraction of sp³-hybridized carbons (Fsp3) is 0.625. The summed E-state index contributed by atoms with van der Waals surface area (Å²) in [6.45, 7) is 0.603. The van der Waals surface area contributed by atoms with Crippen molar-refractivity contribution in [3.05, 3.63) is 9.88 Å². The fourth-order valence-electron chi connectivity index (χ4n) is 0.919. The molecule has 1 aromatic rings. The van der Waals surface area contributed by atoms with Crippen LogP contribution in [0.25, 0.3) is 0 Å². The van der Waals surface area contributed by atoms with E-state index >= 15 is 0 Å². The van der Waals surface area contributed by atoms with Gasteiger partial charge in [0.05, 0.1) is 11.6 Å². The molecule has 3 nitrogen and oxygen atoms in total. The van der Waals surface area contributed by atoms with Gasteiger partial charge in [0, 0.05) is 11.3 Å². The molecule has 0 atom stereocenters. The van der Waals surface area contributed by atoms with E-state index in [1.165, 1.54) is 11.3 Å². The first-order valence-corrected chi connectivity index (χ1v) is 5.06. The van der Waals surface area contributed by atoms with E-state index in [-0.39, 0.29) is 6.61 Å². The third kappa shape index (κ3) is 4.48. The molecule has 7 heteroatoms. The molecule has 0 saturated carbocycles. The Morgan fingerprint density at radius 1 is 1.47 bits per heavy atom. The Morgan fingerprint density at radius 3 is 2.60 bits per heavy atom. The van der Waals surface area contributed by atoms with Gasteiger partial charge < -0.3 is 10.5 Å². The number of nitrogens with two attached hydrogens (primary N) is 1. The third-order valence-corrected chi connectivity index (χ3v) is 2.65. The maximum absolute atomic E-state index is 11.7. The fourth-order valence-corrected chi connectivity index (χ4v) is 1.75. The number of nitrogen functional groups attached to an aromatic ring is 1. The molecule has 1 aromatic heterocycles. The van der Waals surface area contributed by atoms with Crippen molar-refractivity contribution < 1.29 is 17.9 Å². The van der Waals surface area contributed by atoms with E-state index < -0.39 is 12.8 Å². The SMILES string of the molecule is Cc1sc(CCOCC(F)(F)F)nc1N. The zero-order valence-corrected chi connectivity index (χ0v) is 8.91. The van der Waals surface area contributed by atoms with Gasteiger partial charge in [-0.1, -0.05) is 0 Å². The summed E-state index contributed by atoms with van der Waals surface area (Å²) in [5.41, 5.74) is 5.49. The summed E-state index contributed by atoms with van der Waals surface area (Å²) in [5.74, 6) is 0.436. The smallest absolute Gasteiger partial charge is 0.383 e. The van der Waals surface area contributed by atoms with E-state index in [2.05, 4.69) is 9.72 Å². The van der Waals surface area contributed by atoms with Gasteiger partial charge in [-0.25, -0.2) is 4.98 Å². The first-order valence-electron chi connectivity index (χ1n) is 4.25. The summed E-state index contributed by atoms with van der Waals surface area (Å²) in [6.07, 6.45) is -3.91. The maximum atomic E-state index is 11.7. The van der Waals surface area contributed by atoms with Gasteiger partial charge in [-0.05, 0) is 6.92 Å². The van der Waals surface area contributed by atoms with Crippen LogP contribution in [0.1, 0.15) is 9.88 Å². The molecule has 0 radical (unpaired) electrons. The molecule has 0 aliphatic rings. The lowest BCUT2D eigenvalue weighted by atomic mass is 10.5. The highest BCUT2D eigenvalue weighted by atomic mass is 32.1. The molecule has 0 amide bonds. The predicted octanol–water partition coefficient (Wildman–Crippen LogP) is 2.16. The molecule has 0 unspecified atom stereocenters. The molecule has 1 heterocycles. The van der Waals surface area contributed by atoms with Crippen molar-refractivity contribution in [2.24, 2.45) is 0 Å². The van der Waals surface area contributed by atoms with Crippen LogP contribution in [-0.4, -0.2) is 24.4 Å². The topological polar surface area (TPSA) is 48.1 Å². The van der Waals surface area contributed by atoms with Crippen LogP contribution in [0.5, 0.6) is 0 Å². The first kappa shape index (κ1) is 12.3. The molecule has 2 N–H and O–H groups in total. The van der Waals surface area contributed by atoms with Crippen LogP contribution < -0.4 is 5.73 Å². The van der Waals surface area contributed by atoms with E-state index in [9.17, 15) is 13.2 Å². The maximum Gasteiger partial charge on any atom is 0.411 e. The number of hydrogen-bond donors (Lipinski definition) is 1. The average Bonchev–Trinajstić information content (AvgIpc) is 2.39. The van der Waals surface area contributed by atoms with Crippen LogP contribution in [0.4, 0.5) is 19.0 Å². The number of anilines is 1. The molecule has 0 bridgehead atoms. The molecule has 1 rings (SSSR count). The Bertz CT molecular complexity index is 305. The summed E-state index contributed by atoms with van der Waals surface area (Å²) in [5, 5.41) is 0.701. The second-order valence-electron chi connectivity index (χ2n) is 2.97. The quantitative estimate of drug-likeness (QED) is 0.820. The van der Waals surface area contributed by atoms with Gasteiger partial charge in [0.2, 0.25) is 0 Å². The number of halogens is 3. The van der Waals surface area contributed by atoms with Gasteiger partial charge in [-0.2, -0.15) is 13.2 Å². The monoisotopic (exact) mass is 240 g/mol. The average molecular weight is 240 g/mol. The third-order valence-electron chi connectivity index (χ3n) is 1.60. The zero-order valence-electron chi connectivity index (χ0n) is 8.10. The lowest BCUT2D eigenvalue weighted by Crippen LogP contribution is -2.17. The summed E-state index contributed by atoms with van der Waals surface area (Å²) in [7, 11) is 0. The molecule has 15 heavy (non-hydrogen) atoms. The minimum Gasteiger partial charge on any atom is -0.383 e. The number of rotatable bonds is 4. The van der Waals surface area contributed by atoms with Crippen LogP contribution in [0.2, 0.25) is 0 Å². The summed E-state index contributed by atoms with van der Waals surface area (Å²) >= 11 is 1.37. The van der Waals surface area contributed by atoms with E-state index in [0.717, 1.165) is 4.88 Å². The molecule has 0 aromatic carbocycles. The predicted molar refractivity (Wildman–Crippen MR) is 51.8 cm³/mol. The van der Waals surface area contributed by atoms with Gasteiger partial charge in [0.15, 0.2) is 0 Å². The number of aryl methyl sites for hydroxylation is 1. The van der Waals surface area contributed by atoms with Crippen LogP contribution in [0, 0.1) is 6.92 Å². The number of aromatic nitrogens is 1. The second-order valence-corrected chi connectivity index (χ2v) is 4.25. The number of thiazole rings is 1. The Balaban J connectivity index is 2.26. The van der Waals surface area contributed by atoms with Gasteiger partial charge in [-0.15, -0.1) is 11.3 Å². The molecule has 0 saturated heterocycles. The van der Waals surface area contributed by atoms with Crippen molar-refractivity contribution in [2.45, 2.75) is 19.5 Å². The van der Waals surface area contributed by atoms with Crippen LogP contribution in [0.3, 0.4) is 0 Å². The lowest BCUT2D eigenvalue weighted by molar-refractivity contribution is -0.173. The van der Waals surface area contributed by atoms with Gasteiger partial charge in [0.1, 0.15) is 12.4 Å². The Kier molecular flexibility index (Phi) is 3.92. The largest absolute Gasteiger partial charge is 0.411 e. The van der Waals surface area contributed by atoms with Crippen LogP contribution >= 0.6 is 11.3 Å². The normalized spacial score (nSPS) is 12.0. The first-order chi connectivity index (χ1) is 6.88. The molecular formula is C8H11F3N2OS. The molecule has 0 aliphatic heterocycles. The highest BCUT2D eigenvalue weighted by Gasteiger charge is 2.27. The number of alkyl halides is 3. The van der Waals surface area contributed by atoms with Crippen LogP contribution in [0.15, 0.2) is 0 Å². The lowest BCUT2D eigenvalue weighted by Gasteiger charge is -2.05. The molecular weight excluding hydrogens is 229 g/mol. The highest BCUT2D eigenvalue weighted by molar-refractivity contribution is 7.12. The Hall–Kier alpha value is -0.820.